The van der Waals surface area contributed by atoms with Gasteiger partial charge in [-0.2, -0.15) is 0 Å². The Morgan fingerprint density at radius 3 is 2.52 bits per heavy atom. The number of rotatable bonds is 4. The molecule has 0 spiro atoms. The minimum absolute atomic E-state index is 0.205. The van der Waals surface area contributed by atoms with Crippen LogP contribution >= 0.6 is 0 Å². The molecule has 116 valence electrons. The highest BCUT2D eigenvalue weighted by atomic mass is 16.5. The van der Waals surface area contributed by atoms with Gasteiger partial charge in [-0.3, -0.25) is 4.79 Å². The van der Waals surface area contributed by atoms with Crippen molar-refractivity contribution in [3.63, 3.8) is 0 Å². The van der Waals surface area contributed by atoms with Crippen LogP contribution in [0.1, 0.15) is 55.4 Å². The molecular weight excluding hydrogens is 268 g/mol. The molecule has 0 aromatic carbocycles. The number of carbonyl (C=O) groups excluding carboxylic acids is 2. The summed E-state index contributed by atoms with van der Waals surface area (Å²) in [6.45, 7) is -0.208. The lowest BCUT2D eigenvalue weighted by Crippen LogP contribution is -2.38. The highest BCUT2D eigenvalue weighted by Crippen LogP contribution is 2.17. The van der Waals surface area contributed by atoms with Crippen LogP contribution in [-0.2, 0) is 16.6 Å². The van der Waals surface area contributed by atoms with Crippen molar-refractivity contribution in [2.75, 3.05) is 6.61 Å². The summed E-state index contributed by atoms with van der Waals surface area (Å²) in [5.74, 6) is -0.668. The van der Waals surface area contributed by atoms with Gasteiger partial charge in [0.15, 0.2) is 6.61 Å². The van der Waals surface area contributed by atoms with Crippen molar-refractivity contribution in [2.45, 2.75) is 51.0 Å². The zero-order valence-corrected chi connectivity index (χ0v) is 12.6. The van der Waals surface area contributed by atoms with Crippen LogP contribution in [0.3, 0.4) is 0 Å². The smallest absolute Gasteiger partial charge is 0.355 e. The van der Waals surface area contributed by atoms with E-state index in [-0.39, 0.29) is 18.6 Å². The molecule has 0 radical (unpaired) electrons. The standard InChI is InChI=1S/C16H24N2O3/c1-18-11-7-10-14(18)16(20)21-12-15(19)17-13-8-5-3-2-4-6-9-13/h7,10-11,13H,2-6,8-9,12H2,1H3,(H,17,19). The number of aromatic nitrogens is 1. The summed E-state index contributed by atoms with van der Waals surface area (Å²) in [7, 11) is 1.77. The number of nitrogens with one attached hydrogen (secondary N) is 1. The summed E-state index contributed by atoms with van der Waals surface area (Å²) in [6, 6.07) is 3.67. The second-order valence-electron chi connectivity index (χ2n) is 5.69. The fourth-order valence-electron chi connectivity index (χ4n) is 2.75. The van der Waals surface area contributed by atoms with Gasteiger partial charge in [-0.1, -0.05) is 32.1 Å². The van der Waals surface area contributed by atoms with Crippen LogP contribution in [0.15, 0.2) is 18.3 Å². The summed E-state index contributed by atoms with van der Waals surface area (Å²) in [5.41, 5.74) is 0.453. The van der Waals surface area contributed by atoms with E-state index >= 15 is 0 Å². The van der Waals surface area contributed by atoms with E-state index < -0.39 is 5.97 Å². The molecule has 1 aliphatic carbocycles. The Balaban J connectivity index is 1.74. The van der Waals surface area contributed by atoms with E-state index in [9.17, 15) is 9.59 Å². The van der Waals surface area contributed by atoms with Gasteiger partial charge in [-0.25, -0.2) is 4.79 Å². The van der Waals surface area contributed by atoms with Gasteiger partial charge in [0.25, 0.3) is 5.91 Å². The monoisotopic (exact) mass is 292 g/mol. The van der Waals surface area contributed by atoms with Crippen LogP contribution in [0, 0.1) is 0 Å². The van der Waals surface area contributed by atoms with E-state index in [1.807, 2.05) is 0 Å². The van der Waals surface area contributed by atoms with Crippen molar-refractivity contribution in [1.29, 1.82) is 0 Å². The predicted molar refractivity (Wildman–Crippen MR) is 79.9 cm³/mol. The molecule has 1 aromatic rings. The quantitative estimate of drug-likeness (QED) is 0.867. The molecule has 0 atom stereocenters. The third-order valence-corrected chi connectivity index (χ3v) is 3.96. The summed E-state index contributed by atoms with van der Waals surface area (Å²) in [6.07, 6.45) is 9.93. The SMILES string of the molecule is Cn1cccc1C(=O)OCC(=O)NC1CCCCCCC1. The molecule has 1 fully saturated rings. The van der Waals surface area contributed by atoms with Gasteiger partial charge >= 0.3 is 5.97 Å². The normalized spacial score (nSPS) is 16.8. The summed E-state index contributed by atoms with van der Waals surface area (Å²) in [5, 5.41) is 2.98. The fraction of sp³-hybridized carbons (Fsp3) is 0.625. The first-order valence-corrected chi connectivity index (χ1v) is 7.74. The molecule has 0 aliphatic heterocycles. The first-order valence-electron chi connectivity index (χ1n) is 7.74. The number of hydrogen-bond acceptors (Lipinski definition) is 3. The predicted octanol–water partition coefficient (Wildman–Crippen LogP) is 2.41. The van der Waals surface area contributed by atoms with Crippen LogP contribution in [0.25, 0.3) is 0 Å². The first-order chi connectivity index (χ1) is 10.2. The van der Waals surface area contributed by atoms with Crippen LogP contribution in [0.5, 0.6) is 0 Å². The van der Waals surface area contributed by atoms with Crippen molar-refractivity contribution in [2.24, 2.45) is 7.05 Å². The largest absolute Gasteiger partial charge is 0.451 e. The Morgan fingerprint density at radius 1 is 1.24 bits per heavy atom. The Bertz CT molecular complexity index is 474. The van der Waals surface area contributed by atoms with Gasteiger partial charge < -0.3 is 14.6 Å². The van der Waals surface area contributed by atoms with Crippen molar-refractivity contribution < 1.29 is 14.3 Å². The zero-order chi connectivity index (χ0) is 15.1. The lowest BCUT2D eigenvalue weighted by Gasteiger charge is -2.20. The molecule has 1 amide bonds. The van der Waals surface area contributed by atoms with Gasteiger partial charge in [0.05, 0.1) is 0 Å². The highest BCUT2D eigenvalue weighted by molar-refractivity contribution is 5.89. The van der Waals surface area contributed by atoms with Gasteiger partial charge in [-0.15, -0.1) is 0 Å². The Hall–Kier alpha value is -1.78. The molecule has 1 heterocycles. The topological polar surface area (TPSA) is 60.3 Å². The van der Waals surface area contributed by atoms with Crippen molar-refractivity contribution >= 4 is 11.9 Å². The van der Waals surface area contributed by atoms with Crippen LogP contribution < -0.4 is 5.32 Å². The summed E-state index contributed by atoms with van der Waals surface area (Å²) in [4.78, 5) is 23.7. The Labute approximate surface area is 125 Å². The zero-order valence-electron chi connectivity index (χ0n) is 12.6. The van der Waals surface area contributed by atoms with E-state index in [0.717, 1.165) is 25.7 Å². The molecule has 1 aliphatic rings. The number of hydrogen-bond donors (Lipinski definition) is 1. The maximum atomic E-state index is 11.9. The fourth-order valence-corrected chi connectivity index (χ4v) is 2.75. The molecule has 0 bridgehead atoms. The van der Waals surface area contributed by atoms with Crippen LogP contribution in [-0.4, -0.2) is 29.1 Å². The van der Waals surface area contributed by atoms with E-state index in [1.165, 1.54) is 19.3 Å². The van der Waals surface area contributed by atoms with Crippen LogP contribution in [0.4, 0.5) is 0 Å². The lowest BCUT2D eigenvalue weighted by atomic mass is 9.97. The van der Waals surface area contributed by atoms with Gasteiger partial charge in [0.1, 0.15) is 5.69 Å². The highest BCUT2D eigenvalue weighted by Gasteiger charge is 2.16. The number of nitrogens with zero attached hydrogens (tertiary/aromatic N) is 1. The Morgan fingerprint density at radius 2 is 1.90 bits per heavy atom. The minimum Gasteiger partial charge on any atom is -0.451 e. The molecule has 0 unspecified atom stereocenters. The minimum atomic E-state index is -0.463. The van der Waals surface area contributed by atoms with Crippen LogP contribution in [0.2, 0.25) is 0 Å². The average molecular weight is 292 g/mol. The van der Waals surface area contributed by atoms with Crippen molar-refractivity contribution in [1.82, 2.24) is 9.88 Å². The van der Waals surface area contributed by atoms with E-state index in [0.29, 0.717) is 5.69 Å². The van der Waals surface area contributed by atoms with Crippen molar-refractivity contribution in [3.05, 3.63) is 24.0 Å². The van der Waals surface area contributed by atoms with Gasteiger partial charge in [0, 0.05) is 19.3 Å². The number of ether oxygens (including phenoxy) is 1. The molecule has 1 saturated carbocycles. The van der Waals surface area contributed by atoms with E-state index in [2.05, 4.69) is 5.32 Å². The maximum absolute atomic E-state index is 11.9. The molecular formula is C16H24N2O3. The molecule has 2 rings (SSSR count). The first kappa shape index (κ1) is 15.6. The number of amides is 1. The molecule has 21 heavy (non-hydrogen) atoms. The number of aryl methyl sites for hydroxylation is 1. The molecule has 5 heteroatoms. The summed E-state index contributed by atoms with van der Waals surface area (Å²) >= 11 is 0. The lowest BCUT2D eigenvalue weighted by molar-refractivity contribution is -0.125. The second kappa shape index (κ2) is 7.86. The maximum Gasteiger partial charge on any atom is 0.355 e. The summed E-state index contributed by atoms with van der Waals surface area (Å²) < 4.78 is 6.73. The second-order valence-corrected chi connectivity index (χ2v) is 5.69. The molecule has 1 aromatic heterocycles. The molecule has 5 nitrogen and oxygen atoms in total. The van der Waals surface area contributed by atoms with E-state index in [1.54, 1.807) is 29.9 Å². The third-order valence-electron chi connectivity index (χ3n) is 3.96. The number of esters is 1. The number of carbonyl (C=O) groups is 2. The van der Waals surface area contributed by atoms with Gasteiger partial charge in [0.2, 0.25) is 0 Å². The van der Waals surface area contributed by atoms with Gasteiger partial charge in [-0.05, 0) is 25.0 Å². The third kappa shape index (κ3) is 4.92. The molecule has 0 saturated heterocycles. The Kier molecular flexibility index (Phi) is 5.84. The average Bonchev–Trinajstić information content (AvgIpc) is 2.85. The van der Waals surface area contributed by atoms with E-state index in [4.69, 9.17) is 4.74 Å². The molecule has 1 N–H and O–H groups in total. The van der Waals surface area contributed by atoms with Crippen molar-refractivity contribution in [3.8, 4) is 0 Å².